The first-order chi connectivity index (χ1) is 6.47. The van der Waals surface area contributed by atoms with Gasteiger partial charge in [-0.3, -0.25) is 0 Å². The normalized spacial score (nSPS) is 30.8. The average molecular weight is 236 g/mol. The van der Waals surface area contributed by atoms with Crippen LogP contribution in [0.3, 0.4) is 0 Å². The predicted octanol–water partition coefficient (Wildman–Crippen LogP) is 2.58. The van der Waals surface area contributed by atoms with Gasteiger partial charge in [0.1, 0.15) is 0 Å². The number of hydrogen-bond donors (Lipinski definition) is 2. The fourth-order valence-electron chi connectivity index (χ4n) is 2.57. The summed E-state index contributed by atoms with van der Waals surface area (Å²) in [6.45, 7) is 6.87. The third-order valence-electron chi connectivity index (χ3n) is 4.01. The van der Waals surface area contributed by atoms with Gasteiger partial charge in [-0.25, -0.2) is 0 Å². The second-order valence-electron chi connectivity index (χ2n) is 5.42. The Morgan fingerprint density at radius 2 is 1.73 bits per heavy atom. The van der Waals surface area contributed by atoms with Gasteiger partial charge < -0.3 is 10.8 Å². The SMILES string of the molecule is CC(C)C1CCC(C(C)(O)CN)CC1.Cl. The molecule has 3 N–H and O–H groups in total. The van der Waals surface area contributed by atoms with Gasteiger partial charge in [-0.15, -0.1) is 12.4 Å². The molecule has 0 saturated heterocycles. The van der Waals surface area contributed by atoms with E-state index in [-0.39, 0.29) is 12.4 Å². The molecule has 3 heteroatoms. The molecule has 1 rings (SSSR count). The largest absolute Gasteiger partial charge is 0.389 e. The maximum Gasteiger partial charge on any atom is 0.0769 e. The smallest absolute Gasteiger partial charge is 0.0769 e. The van der Waals surface area contributed by atoms with Crippen LogP contribution in [0.2, 0.25) is 0 Å². The Morgan fingerprint density at radius 1 is 1.27 bits per heavy atom. The summed E-state index contributed by atoms with van der Waals surface area (Å²) in [5.41, 5.74) is 4.94. The van der Waals surface area contributed by atoms with E-state index in [0.717, 1.165) is 24.7 Å². The van der Waals surface area contributed by atoms with Gasteiger partial charge in [0.15, 0.2) is 0 Å². The van der Waals surface area contributed by atoms with E-state index in [0.29, 0.717) is 12.5 Å². The van der Waals surface area contributed by atoms with E-state index in [9.17, 15) is 5.11 Å². The molecule has 1 aliphatic carbocycles. The highest BCUT2D eigenvalue weighted by atomic mass is 35.5. The first kappa shape index (κ1) is 15.2. The van der Waals surface area contributed by atoms with Gasteiger partial charge in [-0.05, 0) is 50.4 Å². The molecule has 1 aliphatic rings. The van der Waals surface area contributed by atoms with E-state index >= 15 is 0 Å². The van der Waals surface area contributed by atoms with Crippen LogP contribution in [-0.4, -0.2) is 17.3 Å². The van der Waals surface area contributed by atoms with Gasteiger partial charge >= 0.3 is 0 Å². The van der Waals surface area contributed by atoms with Crippen LogP contribution in [0.4, 0.5) is 0 Å². The van der Waals surface area contributed by atoms with Crippen LogP contribution in [0.5, 0.6) is 0 Å². The molecule has 0 heterocycles. The Bertz CT molecular complexity index is 174. The molecule has 0 aromatic heterocycles. The van der Waals surface area contributed by atoms with Crippen molar-refractivity contribution >= 4 is 12.4 Å². The molecule has 2 nitrogen and oxygen atoms in total. The second-order valence-corrected chi connectivity index (χ2v) is 5.42. The highest BCUT2D eigenvalue weighted by molar-refractivity contribution is 5.85. The first-order valence-corrected chi connectivity index (χ1v) is 5.90. The second kappa shape index (κ2) is 6.07. The molecule has 0 bridgehead atoms. The lowest BCUT2D eigenvalue weighted by Crippen LogP contribution is -2.43. The molecular formula is C12H26ClNO. The molecule has 15 heavy (non-hydrogen) atoms. The summed E-state index contributed by atoms with van der Waals surface area (Å²) in [6.07, 6.45) is 4.82. The van der Waals surface area contributed by atoms with E-state index in [2.05, 4.69) is 13.8 Å². The summed E-state index contributed by atoms with van der Waals surface area (Å²) < 4.78 is 0. The zero-order valence-electron chi connectivity index (χ0n) is 10.2. The van der Waals surface area contributed by atoms with Gasteiger partial charge in [0, 0.05) is 6.54 Å². The monoisotopic (exact) mass is 235 g/mol. The van der Waals surface area contributed by atoms with Crippen LogP contribution >= 0.6 is 12.4 Å². The van der Waals surface area contributed by atoms with Crippen LogP contribution in [-0.2, 0) is 0 Å². The Labute approximate surface area is 100 Å². The average Bonchev–Trinajstić information content (AvgIpc) is 2.18. The van der Waals surface area contributed by atoms with Crippen molar-refractivity contribution in [1.29, 1.82) is 0 Å². The Balaban J connectivity index is 0.00000196. The van der Waals surface area contributed by atoms with E-state index in [1.165, 1.54) is 12.8 Å². The van der Waals surface area contributed by atoms with Gasteiger partial charge in [0.05, 0.1) is 5.60 Å². The molecule has 0 aromatic carbocycles. The minimum absolute atomic E-state index is 0. The topological polar surface area (TPSA) is 46.2 Å². The molecule has 0 spiro atoms. The molecule has 0 amide bonds. The van der Waals surface area contributed by atoms with Crippen molar-refractivity contribution in [1.82, 2.24) is 0 Å². The molecule has 0 aromatic rings. The minimum Gasteiger partial charge on any atom is -0.389 e. The maximum atomic E-state index is 10.0. The number of aliphatic hydroxyl groups is 1. The fraction of sp³-hybridized carbons (Fsp3) is 1.00. The number of halogens is 1. The van der Waals surface area contributed by atoms with Crippen molar-refractivity contribution in [2.75, 3.05) is 6.54 Å². The quantitative estimate of drug-likeness (QED) is 0.790. The lowest BCUT2D eigenvalue weighted by atomic mass is 9.71. The molecular weight excluding hydrogens is 210 g/mol. The summed E-state index contributed by atoms with van der Waals surface area (Å²) >= 11 is 0. The third-order valence-corrected chi connectivity index (χ3v) is 4.01. The van der Waals surface area contributed by atoms with Gasteiger partial charge in [0.25, 0.3) is 0 Å². The van der Waals surface area contributed by atoms with Crippen LogP contribution < -0.4 is 5.73 Å². The lowest BCUT2D eigenvalue weighted by molar-refractivity contribution is -0.0173. The summed E-state index contributed by atoms with van der Waals surface area (Å²) in [4.78, 5) is 0. The van der Waals surface area contributed by atoms with E-state index in [1.807, 2.05) is 6.92 Å². The zero-order valence-corrected chi connectivity index (χ0v) is 11.0. The standard InChI is InChI=1S/C12H25NO.ClH/c1-9(2)10-4-6-11(7-5-10)12(3,14)8-13;/h9-11,14H,4-8,13H2,1-3H3;1H. The molecule has 92 valence electrons. The molecule has 0 radical (unpaired) electrons. The number of nitrogens with two attached hydrogens (primary N) is 1. The van der Waals surface area contributed by atoms with E-state index in [4.69, 9.17) is 5.73 Å². The van der Waals surface area contributed by atoms with Crippen molar-refractivity contribution in [3.63, 3.8) is 0 Å². The first-order valence-electron chi connectivity index (χ1n) is 5.90. The van der Waals surface area contributed by atoms with Crippen LogP contribution in [0.1, 0.15) is 46.5 Å². The van der Waals surface area contributed by atoms with Gasteiger partial charge in [-0.2, -0.15) is 0 Å². The highest BCUT2D eigenvalue weighted by Gasteiger charge is 2.34. The molecule has 1 saturated carbocycles. The predicted molar refractivity (Wildman–Crippen MR) is 67.2 cm³/mol. The van der Waals surface area contributed by atoms with Gasteiger partial charge in [0.2, 0.25) is 0 Å². The molecule has 0 aliphatic heterocycles. The molecule has 1 atom stereocenters. The summed E-state index contributed by atoms with van der Waals surface area (Å²) in [5.74, 6) is 2.07. The zero-order chi connectivity index (χ0) is 10.8. The fourth-order valence-corrected chi connectivity index (χ4v) is 2.57. The van der Waals surface area contributed by atoms with Crippen molar-refractivity contribution in [3.05, 3.63) is 0 Å². The van der Waals surface area contributed by atoms with Crippen molar-refractivity contribution in [2.24, 2.45) is 23.5 Å². The number of rotatable bonds is 3. The van der Waals surface area contributed by atoms with E-state index < -0.39 is 5.60 Å². The summed E-state index contributed by atoms with van der Waals surface area (Å²) in [5, 5.41) is 10.0. The van der Waals surface area contributed by atoms with Crippen molar-refractivity contribution in [3.8, 4) is 0 Å². The summed E-state index contributed by atoms with van der Waals surface area (Å²) in [6, 6.07) is 0. The third kappa shape index (κ3) is 3.93. The molecule has 1 fully saturated rings. The minimum atomic E-state index is -0.637. The van der Waals surface area contributed by atoms with Gasteiger partial charge in [-0.1, -0.05) is 13.8 Å². The van der Waals surface area contributed by atoms with Crippen molar-refractivity contribution < 1.29 is 5.11 Å². The highest BCUT2D eigenvalue weighted by Crippen LogP contribution is 2.37. The van der Waals surface area contributed by atoms with Crippen LogP contribution in [0, 0.1) is 17.8 Å². The van der Waals surface area contributed by atoms with Crippen LogP contribution in [0.15, 0.2) is 0 Å². The van der Waals surface area contributed by atoms with E-state index in [1.54, 1.807) is 0 Å². The summed E-state index contributed by atoms with van der Waals surface area (Å²) in [7, 11) is 0. The maximum absolute atomic E-state index is 10.0. The lowest BCUT2D eigenvalue weighted by Gasteiger charge is -2.38. The Hall–Kier alpha value is 0.210. The van der Waals surface area contributed by atoms with Crippen molar-refractivity contribution in [2.45, 2.75) is 52.1 Å². The molecule has 1 unspecified atom stereocenters. The Morgan fingerprint density at radius 3 is 2.07 bits per heavy atom. The number of hydrogen-bond acceptors (Lipinski definition) is 2. The Kier molecular flexibility index (Phi) is 6.16. The van der Waals surface area contributed by atoms with Crippen LogP contribution in [0.25, 0.3) is 0 Å².